The van der Waals surface area contributed by atoms with Crippen molar-refractivity contribution in [3.8, 4) is 5.75 Å². The summed E-state index contributed by atoms with van der Waals surface area (Å²) in [7, 11) is -1.42. The van der Waals surface area contributed by atoms with E-state index in [1.54, 1.807) is 19.2 Å². The second-order valence-corrected chi connectivity index (χ2v) is 9.67. The lowest BCUT2D eigenvalue weighted by molar-refractivity contribution is 0.286. The fourth-order valence-corrected chi connectivity index (χ4v) is 3.45. The molecule has 7 heteroatoms. The molecular weight excluding hydrogens is 398 g/mol. The zero-order valence-corrected chi connectivity index (χ0v) is 19.1. The zero-order chi connectivity index (χ0) is 22.0. The Labute approximate surface area is 180 Å². The SMILES string of the molecule is CN=C(NCCc1ccc(S(C)(=O)=O)cc1)NCc1ccccc1OCCC(C)C. The first-order chi connectivity index (χ1) is 14.3. The van der Waals surface area contributed by atoms with Crippen LogP contribution in [0.4, 0.5) is 0 Å². The Balaban J connectivity index is 1.83. The summed E-state index contributed by atoms with van der Waals surface area (Å²) in [6.45, 7) is 6.38. The van der Waals surface area contributed by atoms with Gasteiger partial charge in [-0.15, -0.1) is 0 Å². The van der Waals surface area contributed by atoms with Gasteiger partial charge in [-0.2, -0.15) is 0 Å². The van der Waals surface area contributed by atoms with Crippen LogP contribution in [0.3, 0.4) is 0 Å². The molecule has 164 valence electrons. The maximum absolute atomic E-state index is 11.5. The van der Waals surface area contributed by atoms with Crippen molar-refractivity contribution in [1.82, 2.24) is 10.6 Å². The summed E-state index contributed by atoms with van der Waals surface area (Å²) in [5, 5.41) is 6.61. The molecule has 0 aliphatic carbocycles. The maximum atomic E-state index is 11.5. The highest BCUT2D eigenvalue weighted by Gasteiger charge is 2.07. The lowest BCUT2D eigenvalue weighted by Crippen LogP contribution is -2.37. The molecule has 2 rings (SSSR count). The molecule has 30 heavy (non-hydrogen) atoms. The molecule has 6 nitrogen and oxygen atoms in total. The number of nitrogens with one attached hydrogen (secondary N) is 2. The predicted molar refractivity (Wildman–Crippen MR) is 123 cm³/mol. The predicted octanol–water partition coefficient (Wildman–Crippen LogP) is 3.42. The van der Waals surface area contributed by atoms with E-state index in [1.165, 1.54) is 6.26 Å². The van der Waals surface area contributed by atoms with E-state index in [2.05, 4.69) is 29.5 Å². The van der Waals surface area contributed by atoms with E-state index in [9.17, 15) is 8.42 Å². The van der Waals surface area contributed by atoms with E-state index in [0.717, 1.165) is 29.7 Å². The minimum absolute atomic E-state index is 0.339. The van der Waals surface area contributed by atoms with E-state index in [1.807, 2.05) is 36.4 Å². The lowest BCUT2D eigenvalue weighted by Gasteiger charge is -2.15. The summed E-state index contributed by atoms with van der Waals surface area (Å²) in [6, 6.07) is 15.0. The molecule has 0 atom stereocenters. The van der Waals surface area contributed by atoms with Gasteiger partial charge in [-0.25, -0.2) is 8.42 Å². The van der Waals surface area contributed by atoms with Gasteiger partial charge in [0.1, 0.15) is 5.75 Å². The van der Waals surface area contributed by atoms with Gasteiger partial charge >= 0.3 is 0 Å². The molecule has 2 aromatic rings. The molecular formula is C23H33N3O3S. The Morgan fingerprint density at radius 1 is 1.07 bits per heavy atom. The minimum atomic E-state index is -3.16. The number of guanidine groups is 1. The quantitative estimate of drug-likeness (QED) is 0.445. The van der Waals surface area contributed by atoms with Gasteiger partial charge in [0.05, 0.1) is 11.5 Å². The van der Waals surface area contributed by atoms with Crippen LogP contribution < -0.4 is 15.4 Å². The Kier molecular flexibility index (Phi) is 9.17. The topological polar surface area (TPSA) is 79.8 Å². The van der Waals surface area contributed by atoms with E-state index < -0.39 is 9.84 Å². The van der Waals surface area contributed by atoms with Gasteiger partial charge in [0.15, 0.2) is 15.8 Å². The Bertz CT molecular complexity index is 923. The van der Waals surface area contributed by atoms with Crippen LogP contribution in [0.15, 0.2) is 58.4 Å². The number of hydrogen-bond acceptors (Lipinski definition) is 4. The van der Waals surface area contributed by atoms with E-state index in [-0.39, 0.29) is 0 Å². The van der Waals surface area contributed by atoms with Gasteiger partial charge in [-0.05, 0) is 42.5 Å². The average Bonchev–Trinajstić information content (AvgIpc) is 2.71. The molecule has 0 fully saturated rings. The molecule has 0 radical (unpaired) electrons. The van der Waals surface area contributed by atoms with E-state index >= 15 is 0 Å². The number of sulfone groups is 1. The molecule has 0 saturated carbocycles. The maximum Gasteiger partial charge on any atom is 0.191 e. The third kappa shape index (κ3) is 8.06. The molecule has 0 aromatic heterocycles. The highest BCUT2D eigenvalue weighted by atomic mass is 32.2. The Morgan fingerprint density at radius 3 is 2.40 bits per heavy atom. The molecule has 2 N–H and O–H groups in total. The van der Waals surface area contributed by atoms with Gasteiger partial charge < -0.3 is 15.4 Å². The normalized spacial score (nSPS) is 12.1. The summed E-state index contributed by atoms with van der Waals surface area (Å²) in [4.78, 5) is 4.61. The van der Waals surface area contributed by atoms with Crippen LogP contribution >= 0.6 is 0 Å². The number of rotatable bonds is 10. The van der Waals surface area contributed by atoms with Crippen molar-refractivity contribution in [2.24, 2.45) is 10.9 Å². The van der Waals surface area contributed by atoms with E-state index in [4.69, 9.17) is 4.74 Å². The van der Waals surface area contributed by atoms with Crippen molar-refractivity contribution in [3.05, 3.63) is 59.7 Å². The van der Waals surface area contributed by atoms with Gasteiger partial charge in [0.2, 0.25) is 0 Å². The summed E-state index contributed by atoms with van der Waals surface area (Å²) in [5.41, 5.74) is 2.15. The van der Waals surface area contributed by atoms with E-state index in [0.29, 0.717) is 36.5 Å². The summed E-state index contributed by atoms with van der Waals surface area (Å²) in [5.74, 6) is 2.22. The number of nitrogens with zero attached hydrogens (tertiary/aromatic N) is 1. The van der Waals surface area contributed by atoms with Crippen molar-refractivity contribution in [2.45, 2.75) is 38.1 Å². The van der Waals surface area contributed by atoms with Crippen molar-refractivity contribution in [1.29, 1.82) is 0 Å². The fourth-order valence-electron chi connectivity index (χ4n) is 2.82. The number of aliphatic imine (C=N–C) groups is 1. The number of ether oxygens (including phenoxy) is 1. The monoisotopic (exact) mass is 431 g/mol. The van der Waals surface area contributed by atoms with Crippen LogP contribution in [0, 0.1) is 5.92 Å². The molecule has 0 heterocycles. The third-order valence-electron chi connectivity index (χ3n) is 4.65. The van der Waals surface area contributed by atoms with Gasteiger partial charge in [0, 0.05) is 32.0 Å². The first-order valence-electron chi connectivity index (χ1n) is 10.2. The average molecular weight is 432 g/mol. The number of hydrogen-bond donors (Lipinski definition) is 2. The van der Waals surface area contributed by atoms with Crippen LogP contribution in [-0.2, 0) is 22.8 Å². The number of para-hydroxylation sites is 1. The van der Waals surface area contributed by atoms with Gasteiger partial charge in [-0.3, -0.25) is 4.99 Å². The Morgan fingerprint density at radius 2 is 1.77 bits per heavy atom. The van der Waals surface area contributed by atoms with Crippen molar-refractivity contribution in [2.75, 3.05) is 26.5 Å². The van der Waals surface area contributed by atoms with Crippen LogP contribution in [0.2, 0.25) is 0 Å². The van der Waals surface area contributed by atoms with Crippen molar-refractivity contribution < 1.29 is 13.2 Å². The third-order valence-corrected chi connectivity index (χ3v) is 5.78. The molecule has 0 bridgehead atoms. The molecule has 0 aliphatic rings. The molecule has 2 aromatic carbocycles. The first kappa shape index (κ1) is 23.7. The second kappa shape index (κ2) is 11.6. The number of benzene rings is 2. The van der Waals surface area contributed by atoms with Crippen LogP contribution in [-0.4, -0.2) is 40.8 Å². The highest BCUT2D eigenvalue weighted by Crippen LogP contribution is 2.18. The minimum Gasteiger partial charge on any atom is -0.493 e. The van der Waals surface area contributed by atoms with Crippen LogP contribution in [0.1, 0.15) is 31.4 Å². The highest BCUT2D eigenvalue weighted by molar-refractivity contribution is 7.90. The van der Waals surface area contributed by atoms with Crippen LogP contribution in [0.25, 0.3) is 0 Å². The molecule has 0 aliphatic heterocycles. The largest absolute Gasteiger partial charge is 0.493 e. The molecule has 0 spiro atoms. The molecule has 0 amide bonds. The van der Waals surface area contributed by atoms with Gasteiger partial charge in [-0.1, -0.05) is 44.2 Å². The molecule has 0 saturated heterocycles. The lowest BCUT2D eigenvalue weighted by atomic mass is 10.1. The standard InChI is InChI=1S/C23H33N3O3S/c1-18(2)14-16-29-22-8-6-5-7-20(22)17-26-23(24-3)25-15-13-19-9-11-21(12-10-19)30(4,27)28/h5-12,18H,13-17H2,1-4H3,(H2,24,25,26). The molecule has 0 unspecified atom stereocenters. The summed E-state index contributed by atoms with van der Waals surface area (Å²) in [6.07, 6.45) is 3.00. The smallest absolute Gasteiger partial charge is 0.191 e. The Hall–Kier alpha value is -2.54. The van der Waals surface area contributed by atoms with Crippen molar-refractivity contribution in [3.63, 3.8) is 0 Å². The van der Waals surface area contributed by atoms with Crippen LogP contribution in [0.5, 0.6) is 5.75 Å². The zero-order valence-electron chi connectivity index (χ0n) is 18.3. The van der Waals surface area contributed by atoms with Crippen molar-refractivity contribution >= 4 is 15.8 Å². The summed E-state index contributed by atoms with van der Waals surface area (Å²) < 4.78 is 29.0. The first-order valence-corrected chi connectivity index (χ1v) is 12.1. The second-order valence-electron chi connectivity index (χ2n) is 7.66. The fraction of sp³-hybridized carbons (Fsp3) is 0.435. The van der Waals surface area contributed by atoms with Gasteiger partial charge in [0.25, 0.3) is 0 Å². The summed E-state index contributed by atoms with van der Waals surface area (Å²) >= 11 is 0.